The van der Waals surface area contributed by atoms with Gasteiger partial charge in [0.25, 0.3) is 0 Å². The molecule has 0 fully saturated rings. The van der Waals surface area contributed by atoms with Crippen LogP contribution in [0.3, 0.4) is 0 Å². The monoisotopic (exact) mass is 278 g/mol. The summed E-state index contributed by atoms with van der Waals surface area (Å²) in [6, 6.07) is 11.0. The molecule has 0 nitrogen and oxygen atoms in total. The van der Waals surface area contributed by atoms with Crippen molar-refractivity contribution in [2.24, 2.45) is 0 Å². The summed E-state index contributed by atoms with van der Waals surface area (Å²) in [5.74, 6) is 0. The van der Waals surface area contributed by atoms with Crippen LogP contribution in [0, 0.1) is 0 Å². The van der Waals surface area contributed by atoms with Gasteiger partial charge in [-0.1, -0.05) is 79.8 Å². The summed E-state index contributed by atoms with van der Waals surface area (Å²) < 4.78 is 0. The standard InChI is InChI=1S/C18H31P/c1-7-17(3,4)19(18(5,6)8-2)15-14-16-12-10-9-11-13-16/h9-13H,7-8,14-15H2,1-6H3. The first-order valence-corrected chi connectivity index (χ1v) is 9.18. The molecular weight excluding hydrogens is 247 g/mol. The Bertz CT molecular complexity index is 349. The van der Waals surface area contributed by atoms with Crippen molar-refractivity contribution in [2.45, 2.75) is 71.1 Å². The zero-order valence-electron chi connectivity index (χ0n) is 13.7. The lowest BCUT2D eigenvalue weighted by atomic mass is 10.1. The van der Waals surface area contributed by atoms with Gasteiger partial charge >= 0.3 is 0 Å². The number of benzene rings is 1. The molecule has 1 heteroatoms. The molecule has 0 heterocycles. The van der Waals surface area contributed by atoms with Crippen molar-refractivity contribution in [1.82, 2.24) is 0 Å². The fourth-order valence-electron chi connectivity index (χ4n) is 2.69. The number of hydrogen-bond donors (Lipinski definition) is 0. The summed E-state index contributed by atoms with van der Waals surface area (Å²) in [6.07, 6.45) is 5.17. The Morgan fingerprint density at radius 3 is 1.74 bits per heavy atom. The van der Waals surface area contributed by atoms with Crippen molar-refractivity contribution >= 4 is 7.92 Å². The second-order valence-electron chi connectivity index (χ2n) is 6.72. The molecule has 0 aromatic heterocycles. The van der Waals surface area contributed by atoms with Gasteiger partial charge in [-0.2, -0.15) is 0 Å². The van der Waals surface area contributed by atoms with Crippen LogP contribution in [0.4, 0.5) is 0 Å². The zero-order valence-corrected chi connectivity index (χ0v) is 14.6. The molecule has 0 aliphatic carbocycles. The molecular formula is C18H31P. The lowest BCUT2D eigenvalue weighted by molar-refractivity contribution is 0.601. The Kier molecular flexibility index (Phi) is 6.06. The molecule has 0 bridgehead atoms. The summed E-state index contributed by atoms with van der Waals surface area (Å²) in [5, 5.41) is 0.979. The average Bonchev–Trinajstić information content (AvgIpc) is 2.39. The highest BCUT2D eigenvalue weighted by Crippen LogP contribution is 2.62. The van der Waals surface area contributed by atoms with E-state index in [2.05, 4.69) is 71.9 Å². The van der Waals surface area contributed by atoms with E-state index in [-0.39, 0.29) is 7.92 Å². The van der Waals surface area contributed by atoms with Crippen LogP contribution in [0.1, 0.15) is 59.9 Å². The molecule has 1 rings (SSSR count). The van der Waals surface area contributed by atoms with Gasteiger partial charge in [0.1, 0.15) is 0 Å². The molecule has 0 aliphatic rings. The molecule has 0 radical (unpaired) electrons. The first-order chi connectivity index (χ1) is 8.83. The van der Waals surface area contributed by atoms with Crippen LogP contribution in [0.2, 0.25) is 0 Å². The molecule has 1 aromatic carbocycles. The van der Waals surface area contributed by atoms with Gasteiger partial charge in [-0.3, -0.25) is 0 Å². The number of rotatable bonds is 7. The van der Waals surface area contributed by atoms with Crippen LogP contribution in [-0.2, 0) is 6.42 Å². The minimum atomic E-state index is 0.0289. The van der Waals surface area contributed by atoms with Gasteiger partial charge in [0, 0.05) is 0 Å². The van der Waals surface area contributed by atoms with Crippen molar-refractivity contribution in [2.75, 3.05) is 6.16 Å². The second kappa shape index (κ2) is 6.89. The van der Waals surface area contributed by atoms with E-state index in [1.807, 2.05) is 0 Å². The Morgan fingerprint density at radius 2 is 1.32 bits per heavy atom. The van der Waals surface area contributed by atoms with Crippen molar-refractivity contribution in [3.8, 4) is 0 Å². The largest absolute Gasteiger partial charge is 0.0948 e. The highest BCUT2D eigenvalue weighted by atomic mass is 31.1. The van der Waals surface area contributed by atoms with Crippen LogP contribution in [0.15, 0.2) is 30.3 Å². The Morgan fingerprint density at radius 1 is 0.842 bits per heavy atom. The lowest BCUT2D eigenvalue weighted by Crippen LogP contribution is -2.31. The summed E-state index contributed by atoms with van der Waals surface area (Å²) in [4.78, 5) is 0. The van der Waals surface area contributed by atoms with Crippen molar-refractivity contribution in [3.05, 3.63) is 35.9 Å². The third-order valence-electron chi connectivity index (χ3n) is 4.66. The first kappa shape index (κ1) is 16.7. The van der Waals surface area contributed by atoms with Gasteiger partial charge in [-0.25, -0.2) is 0 Å². The number of aryl methyl sites for hydroxylation is 1. The fourth-order valence-corrected chi connectivity index (χ4v) is 6.79. The van der Waals surface area contributed by atoms with Crippen molar-refractivity contribution in [3.63, 3.8) is 0 Å². The van der Waals surface area contributed by atoms with Crippen LogP contribution in [0.5, 0.6) is 0 Å². The second-order valence-corrected chi connectivity index (χ2v) is 10.4. The van der Waals surface area contributed by atoms with E-state index in [0.29, 0.717) is 10.3 Å². The van der Waals surface area contributed by atoms with Gasteiger partial charge in [-0.05, 0) is 41.3 Å². The summed E-state index contributed by atoms with van der Waals surface area (Å²) in [5.41, 5.74) is 1.49. The summed E-state index contributed by atoms with van der Waals surface area (Å²) in [7, 11) is 0.0289. The van der Waals surface area contributed by atoms with Gasteiger partial charge in [0.05, 0.1) is 0 Å². The molecule has 0 atom stereocenters. The van der Waals surface area contributed by atoms with E-state index < -0.39 is 0 Å². The van der Waals surface area contributed by atoms with E-state index in [1.54, 1.807) is 0 Å². The maximum Gasteiger partial charge on any atom is -0.0149 e. The van der Waals surface area contributed by atoms with Crippen molar-refractivity contribution < 1.29 is 0 Å². The Hall–Kier alpha value is -0.350. The molecule has 0 saturated heterocycles. The third-order valence-corrected chi connectivity index (χ3v) is 8.88. The predicted molar refractivity (Wildman–Crippen MR) is 90.7 cm³/mol. The van der Waals surface area contributed by atoms with Crippen LogP contribution in [-0.4, -0.2) is 16.5 Å². The maximum atomic E-state index is 2.47. The highest BCUT2D eigenvalue weighted by molar-refractivity contribution is 7.60. The minimum absolute atomic E-state index is 0.0289. The molecule has 0 aliphatic heterocycles. The molecule has 0 unspecified atom stereocenters. The zero-order chi connectivity index (χ0) is 14.5. The van der Waals surface area contributed by atoms with Gasteiger partial charge < -0.3 is 0 Å². The smallest absolute Gasteiger partial charge is 0.0149 e. The molecule has 0 N–H and O–H groups in total. The average molecular weight is 278 g/mol. The van der Waals surface area contributed by atoms with Crippen LogP contribution < -0.4 is 0 Å². The van der Waals surface area contributed by atoms with Crippen LogP contribution >= 0.6 is 7.92 Å². The first-order valence-electron chi connectivity index (χ1n) is 7.65. The molecule has 0 saturated carbocycles. The van der Waals surface area contributed by atoms with Crippen LogP contribution in [0.25, 0.3) is 0 Å². The highest BCUT2D eigenvalue weighted by Gasteiger charge is 2.37. The fraction of sp³-hybridized carbons (Fsp3) is 0.667. The third kappa shape index (κ3) is 4.60. The summed E-state index contributed by atoms with van der Waals surface area (Å²) in [6.45, 7) is 14.6. The van der Waals surface area contributed by atoms with Crippen molar-refractivity contribution in [1.29, 1.82) is 0 Å². The Labute approximate surface area is 121 Å². The lowest BCUT2D eigenvalue weighted by Gasteiger charge is -2.45. The quantitative estimate of drug-likeness (QED) is 0.529. The van der Waals surface area contributed by atoms with E-state index in [1.165, 1.54) is 31.0 Å². The molecule has 19 heavy (non-hydrogen) atoms. The Balaban J connectivity index is 2.81. The van der Waals surface area contributed by atoms with Gasteiger partial charge in [0.15, 0.2) is 0 Å². The SMILES string of the molecule is CCC(C)(C)P(CCc1ccccc1)C(C)(C)CC. The predicted octanol–water partition coefficient (Wildman–Crippen LogP) is 6.09. The topological polar surface area (TPSA) is 0 Å². The normalized spacial score (nSPS) is 13.0. The minimum Gasteiger partial charge on any atom is -0.0948 e. The molecule has 108 valence electrons. The molecule has 1 aromatic rings. The summed E-state index contributed by atoms with van der Waals surface area (Å²) >= 11 is 0. The molecule has 0 spiro atoms. The van der Waals surface area contributed by atoms with E-state index in [4.69, 9.17) is 0 Å². The maximum absolute atomic E-state index is 2.47. The molecule has 0 amide bonds. The van der Waals surface area contributed by atoms with Gasteiger partial charge in [0.2, 0.25) is 0 Å². The van der Waals surface area contributed by atoms with E-state index in [9.17, 15) is 0 Å². The van der Waals surface area contributed by atoms with E-state index >= 15 is 0 Å². The van der Waals surface area contributed by atoms with E-state index in [0.717, 1.165) is 0 Å². The number of hydrogen-bond acceptors (Lipinski definition) is 0. The van der Waals surface area contributed by atoms with Gasteiger partial charge in [-0.15, -0.1) is 0 Å².